The van der Waals surface area contributed by atoms with Crippen LogP contribution in [0.3, 0.4) is 0 Å². The molecule has 0 radical (unpaired) electrons. The lowest BCUT2D eigenvalue weighted by atomic mass is 10.2. The number of thioether (sulfide) groups is 1. The van der Waals surface area contributed by atoms with Crippen LogP contribution in [0.5, 0.6) is 0 Å². The van der Waals surface area contributed by atoms with E-state index in [1.165, 1.54) is 24.6 Å². The lowest BCUT2D eigenvalue weighted by Gasteiger charge is -2.36. The van der Waals surface area contributed by atoms with Crippen molar-refractivity contribution in [3.05, 3.63) is 41.7 Å². The molecule has 3 rings (SSSR count). The molecule has 1 aliphatic rings. The van der Waals surface area contributed by atoms with Gasteiger partial charge in [-0.25, -0.2) is 4.98 Å². The lowest BCUT2D eigenvalue weighted by molar-refractivity contribution is -0.137. The first-order valence-corrected chi connectivity index (χ1v) is 9.29. The van der Waals surface area contributed by atoms with Crippen LogP contribution in [-0.2, 0) is 9.53 Å². The van der Waals surface area contributed by atoms with E-state index in [0.717, 1.165) is 42.0 Å². The van der Waals surface area contributed by atoms with Gasteiger partial charge in [0.15, 0.2) is 0 Å². The Labute approximate surface area is 156 Å². The molecule has 8 heteroatoms. The minimum atomic E-state index is -0.270. The average molecular weight is 379 g/mol. The zero-order valence-corrected chi connectivity index (χ0v) is 15.5. The number of nitrogens with zero attached hydrogens (tertiary/aromatic N) is 4. The highest BCUT2D eigenvalue weighted by Gasteiger charge is 2.19. The van der Waals surface area contributed by atoms with Crippen molar-refractivity contribution in [3.8, 4) is 0 Å². The Morgan fingerprint density at radius 1 is 1.16 bits per heavy atom. The van der Waals surface area contributed by atoms with E-state index in [2.05, 4.69) is 24.5 Å². The van der Waals surface area contributed by atoms with Crippen molar-refractivity contribution in [1.82, 2.24) is 9.97 Å². The predicted molar refractivity (Wildman–Crippen MR) is 101 cm³/mol. The van der Waals surface area contributed by atoms with Crippen LogP contribution in [0.25, 0.3) is 0 Å². The molecule has 0 atom stereocenters. The molecular formula is C17H19ClN4O2S. The van der Waals surface area contributed by atoms with Gasteiger partial charge < -0.3 is 14.5 Å². The number of piperazine rings is 1. The third kappa shape index (κ3) is 4.76. The van der Waals surface area contributed by atoms with E-state index in [4.69, 9.17) is 11.6 Å². The molecule has 0 saturated carbocycles. The summed E-state index contributed by atoms with van der Waals surface area (Å²) in [6, 6.07) is 7.91. The second-order valence-electron chi connectivity index (χ2n) is 5.53. The molecular weight excluding hydrogens is 360 g/mol. The number of rotatable bonds is 5. The average Bonchev–Trinajstić information content (AvgIpc) is 2.67. The van der Waals surface area contributed by atoms with Gasteiger partial charge in [0, 0.05) is 36.9 Å². The van der Waals surface area contributed by atoms with Crippen molar-refractivity contribution in [2.45, 2.75) is 5.03 Å². The minimum absolute atomic E-state index is 0.235. The van der Waals surface area contributed by atoms with Gasteiger partial charge in [-0.2, -0.15) is 0 Å². The van der Waals surface area contributed by atoms with Crippen molar-refractivity contribution in [3.63, 3.8) is 0 Å². The van der Waals surface area contributed by atoms with Crippen molar-refractivity contribution in [1.29, 1.82) is 0 Å². The molecule has 1 fully saturated rings. The predicted octanol–water partition coefficient (Wildman–Crippen LogP) is 2.72. The molecule has 1 aromatic heterocycles. The number of anilines is 2. The Morgan fingerprint density at radius 2 is 1.84 bits per heavy atom. The maximum atomic E-state index is 11.2. The normalized spacial score (nSPS) is 14.5. The number of esters is 1. The number of halogens is 1. The van der Waals surface area contributed by atoms with Gasteiger partial charge in [-0.15, -0.1) is 0 Å². The van der Waals surface area contributed by atoms with Crippen molar-refractivity contribution >= 4 is 40.8 Å². The highest BCUT2D eigenvalue weighted by Crippen LogP contribution is 2.22. The summed E-state index contributed by atoms with van der Waals surface area (Å²) >= 11 is 7.28. The fourth-order valence-corrected chi connectivity index (χ4v) is 3.40. The summed E-state index contributed by atoms with van der Waals surface area (Å²) in [5.41, 5.74) is 1.18. The van der Waals surface area contributed by atoms with E-state index in [1.54, 1.807) is 12.4 Å². The van der Waals surface area contributed by atoms with Crippen LogP contribution >= 0.6 is 23.4 Å². The van der Waals surface area contributed by atoms with Crippen LogP contribution in [0.1, 0.15) is 0 Å². The van der Waals surface area contributed by atoms with E-state index in [0.29, 0.717) is 0 Å². The first kappa shape index (κ1) is 17.8. The Kier molecular flexibility index (Phi) is 5.99. The molecule has 1 saturated heterocycles. The van der Waals surface area contributed by atoms with Crippen LogP contribution in [0.4, 0.5) is 11.5 Å². The molecule has 6 nitrogen and oxygen atoms in total. The van der Waals surface area contributed by atoms with Gasteiger partial charge in [0.2, 0.25) is 0 Å². The fourth-order valence-electron chi connectivity index (χ4n) is 2.60. The summed E-state index contributed by atoms with van der Waals surface area (Å²) in [6.07, 6.45) is 3.43. The van der Waals surface area contributed by atoms with Gasteiger partial charge in [-0.3, -0.25) is 9.78 Å². The largest absolute Gasteiger partial charge is 0.468 e. The SMILES string of the molecule is COC(=O)CSc1cncc(N2CCN(c3ccc(Cl)cc3)CC2)n1. The summed E-state index contributed by atoms with van der Waals surface area (Å²) in [6.45, 7) is 3.54. The van der Waals surface area contributed by atoms with E-state index in [1.807, 2.05) is 24.3 Å². The van der Waals surface area contributed by atoms with Crippen LogP contribution in [-0.4, -0.2) is 55.0 Å². The van der Waals surface area contributed by atoms with E-state index >= 15 is 0 Å². The number of carbonyl (C=O) groups is 1. The molecule has 2 aromatic rings. The van der Waals surface area contributed by atoms with Crippen LogP contribution in [0.2, 0.25) is 5.02 Å². The van der Waals surface area contributed by atoms with E-state index in [9.17, 15) is 4.79 Å². The zero-order chi connectivity index (χ0) is 17.6. The second-order valence-corrected chi connectivity index (χ2v) is 6.96. The number of benzene rings is 1. The molecule has 0 amide bonds. The summed E-state index contributed by atoms with van der Waals surface area (Å²) < 4.78 is 4.65. The topological polar surface area (TPSA) is 58.6 Å². The quantitative estimate of drug-likeness (QED) is 0.585. The third-order valence-corrected chi connectivity index (χ3v) is 5.09. The Hall–Kier alpha value is -1.99. The van der Waals surface area contributed by atoms with Gasteiger partial charge >= 0.3 is 5.97 Å². The summed E-state index contributed by atoms with van der Waals surface area (Å²) in [5, 5.41) is 1.47. The van der Waals surface area contributed by atoms with Crippen LogP contribution in [0, 0.1) is 0 Å². The first-order valence-electron chi connectivity index (χ1n) is 7.93. The highest BCUT2D eigenvalue weighted by molar-refractivity contribution is 7.99. The monoisotopic (exact) mass is 378 g/mol. The molecule has 0 N–H and O–H groups in total. The number of hydrogen-bond donors (Lipinski definition) is 0. The van der Waals surface area contributed by atoms with E-state index in [-0.39, 0.29) is 11.7 Å². The smallest absolute Gasteiger partial charge is 0.316 e. The molecule has 1 aliphatic heterocycles. The molecule has 0 bridgehead atoms. The van der Waals surface area contributed by atoms with Gasteiger partial charge in [0.25, 0.3) is 0 Å². The van der Waals surface area contributed by atoms with E-state index < -0.39 is 0 Å². The molecule has 1 aromatic carbocycles. The highest BCUT2D eigenvalue weighted by atomic mass is 35.5. The number of carbonyl (C=O) groups excluding carboxylic acids is 1. The Balaban J connectivity index is 1.59. The number of methoxy groups -OCH3 is 1. The Bertz CT molecular complexity index is 721. The van der Waals surface area contributed by atoms with Crippen molar-refractivity contribution in [2.24, 2.45) is 0 Å². The third-order valence-electron chi connectivity index (χ3n) is 3.96. The van der Waals surface area contributed by atoms with Crippen LogP contribution < -0.4 is 9.80 Å². The van der Waals surface area contributed by atoms with Gasteiger partial charge in [-0.05, 0) is 24.3 Å². The van der Waals surface area contributed by atoms with Crippen molar-refractivity contribution in [2.75, 3.05) is 48.8 Å². The standard InChI is InChI=1S/C17H19ClN4O2S/c1-24-17(23)12-25-16-11-19-10-15(20-16)22-8-6-21(7-9-22)14-4-2-13(18)3-5-14/h2-5,10-11H,6-9,12H2,1H3. The zero-order valence-electron chi connectivity index (χ0n) is 13.9. The maximum absolute atomic E-state index is 11.2. The minimum Gasteiger partial charge on any atom is -0.468 e. The molecule has 0 aliphatic carbocycles. The molecule has 25 heavy (non-hydrogen) atoms. The number of aromatic nitrogens is 2. The molecule has 2 heterocycles. The fraction of sp³-hybridized carbons (Fsp3) is 0.353. The summed E-state index contributed by atoms with van der Waals surface area (Å²) in [7, 11) is 1.38. The lowest BCUT2D eigenvalue weighted by Crippen LogP contribution is -2.46. The molecule has 0 spiro atoms. The van der Waals surface area contributed by atoms with Gasteiger partial charge in [0.05, 0.1) is 25.3 Å². The molecule has 132 valence electrons. The Morgan fingerprint density at radius 3 is 2.52 bits per heavy atom. The number of hydrogen-bond acceptors (Lipinski definition) is 7. The van der Waals surface area contributed by atoms with Crippen LogP contribution in [0.15, 0.2) is 41.7 Å². The first-order chi connectivity index (χ1) is 12.2. The molecule has 0 unspecified atom stereocenters. The maximum Gasteiger partial charge on any atom is 0.316 e. The van der Waals surface area contributed by atoms with Crippen molar-refractivity contribution < 1.29 is 9.53 Å². The van der Waals surface area contributed by atoms with Gasteiger partial charge in [0.1, 0.15) is 10.8 Å². The second kappa shape index (κ2) is 8.40. The summed E-state index contributed by atoms with van der Waals surface area (Å²) in [5.74, 6) is 0.804. The number of ether oxygens (including phenoxy) is 1. The summed E-state index contributed by atoms with van der Waals surface area (Å²) in [4.78, 5) is 24.6. The van der Waals surface area contributed by atoms with Gasteiger partial charge in [-0.1, -0.05) is 23.4 Å².